The molecular weight excluding hydrogens is 623 g/mol. The van der Waals surface area contributed by atoms with Crippen molar-refractivity contribution in [2.75, 3.05) is 0 Å². The van der Waals surface area contributed by atoms with Gasteiger partial charge < -0.3 is 4.42 Å². The summed E-state index contributed by atoms with van der Waals surface area (Å²) in [6.45, 7) is 0. The van der Waals surface area contributed by atoms with Crippen LogP contribution in [0.1, 0.15) is 0 Å². The van der Waals surface area contributed by atoms with E-state index in [-0.39, 0.29) is 0 Å². The number of hydrogen-bond acceptors (Lipinski definition) is 4. The van der Waals surface area contributed by atoms with Crippen molar-refractivity contribution < 1.29 is 4.42 Å². The third-order valence-corrected chi connectivity index (χ3v) is 9.66. The number of aromatic nitrogens is 3. The van der Waals surface area contributed by atoms with E-state index in [1.165, 1.54) is 16.3 Å². The van der Waals surface area contributed by atoms with Crippen LogP contribution in [-0.2, 0) is 0 Å². The van der Waals surface area contributed by atoms with Gasteiger partial charge in [0.1, 0.15) is 11.2 Å². The van der Waals surface area contributed by atoms with Crippen LogP contribution in [0.5, 0.6) is 0 Å². The molecule has 8 aromatic carbocycles. The van der Waals surface area contributed by atoms with E-state index in [1.807, 2.05) is 60.7 Å². The maximum absolute atomic E-state index is 6.71. The maximum atomic E-state index is 6.71. The van der Waals surface area contributed by atoms with Gasteiger partial charge in [0, 0.05) is 27.5 Å². The van der Waals surface area contributed by atoms with Crippen LogP contribution in [0.4, 0.5) is 0 Å². The monoisotopic (exact) mass is 651 g/mol. The molecule has 2 aromatic heterocycles. The van der Waals surface area contributed by atoms with E-state index >= 15 is 0 Å². The molecule has 0 amide bonds. The Kier molecular flexibility index (Phi) is 6.78. The summed E-state index contributed by atoms with van der Waals surface area (Å²) in [5.74, 6) is 1.83. The molecule has 0 aliphatic heterocycles. The molecule has 0 unspecified atom stereocenters. The molecule has 238 valence electrons. The molecule has 2 heterocycles. The third-order valence-electron chi connectivity index (χ3n) is 9.66. The van der Waals surface area contributed by atoms with Gasteiger partial charge >= 0.3 is 0 Å². The summed E-state index contributed by atoms with van der Waals surface area (Å²) in [6.07, 6.45) is 0. The minimum atomic E-state index is 0.594. The highest BCUT2D eigenvalue weighted by Crippen LogP contribution is 2.41. The first-order valence-corrected chi connectivity index (χ1v) is 17.1. The molecule has 0 radical (unpaired) electrons. The standard InChI is InChI=1S/C47H29N3O/c1-3-13-31(14-4-1)45-48-46(32-15-5-2-6-16-32)50-47(49-45)41-27-39(29-43-44(41)40-26-36-18-9-10-19-37(36)28-42(40)51-43)35-21-11-20-34(25-35)38-23-22-30-12-7-8-17-33(30)24-38/h1-29H. The van der Waals surface area contributed by atoms with E-state index in [9.17, 15) is 0 Å². The highest BCUT2D eigenvalue weighted by molar-refractivity contribution is 6.16. The summed E-state index contributed by atoms with van der Waals surface area (Å²) in [7, 11) is 0. The number of furan rings is 1. The first kappa shape index (κ1) is 29.0. The molecule has 10 rings (SSSR count). The Morgan fingerprint density at radius 2 is 0.843 bits per heavy atom. The van der Waals surface area contributed by atoms with Crippen LogP contribution in [0, 0.1) is 0 Å². The highest BCUT2D eigenvalue weighted by Gasteiger charge is 2.20. The average Bonchev–Trinajstić information content (AvgIpc) is 3.57. The van der Waals surface area contributed by atoms with Crippen molar-refractivity contribution in [1.29, 1.82) is 0 Å². The Labute approximate surface area is 294 Å². The first-order chi connectivity index (χ1) is 25.2. The molecule has 0 saturated heterocycles. The Morgan fingerprint density at radius 3 is 1.53 bits per heavy atom. The fourth-order valence-corrected chi connectivity index (χ4v) is 7.11. The van der Waals surface area contributed by atoms with Gasteiger partial charge in [-0.25, -0.2) is 15.0 Å². The van der Waals surface area contributed by atoms with Crippen molar-refractivity contribution in [1.82, 2.24) is 15.0 Å². The second-order valence-corrected chi connectivity index (χ2v) is 12.9. The normalized spacial score (nSPS) is 11.5. The molecule has 4 heteroatoms. The summed E-state index contributed by atoms with van der Waals surface area (Å²) in [5.41, 5.74) is 8.78. The Morgan fingerprint density at radius 1 is 0.314 bits per heavy atom. The van der Waals surface area contributed by atoms with Crippen LogP contribution in [-0.4, -0.2) is 15.0 Å². The quantitative estimate of drug-likeness (QED) is 0.186. The summed E-state index contributed by atoms with van der Waals surface area (Å²) < 4.78 is 6.71. The van der Waals surface area contributed by atoms with E-state index in [0.717, 1.165) is 66.1 Å². The van der Waals surface area contributed by atoms with Crippen LogP contribution < -0.4 is 0 Å². The number of fused-ring (bicyclic) bond motifs is 5. The van der Waals surface area contributed by atoms with Crippen LogP contribution in [0.15, 0.2) is 180 Å². The van der Waals surface area contributed by atoms with Crippen molar-refractivity contribution in [2.45, 2.75) is 0 Å². The van der Waals surface area contributed by atoms with E-state index in [4.69, 9.17) is 19.4 Å². The second-order valence-electron chi connectivity index (χ2n) is 12.9. The summed E-state index contributed by atoms with van der Waals surface area (Å²) >= 11 is 0. The van der Waals surface area contributed by atoms with Gasteiger partial charge in [0.05, 0.1) is 0 Å². The van der Waals surface area contributed by atoms with Gasteiger partial charge in [-0.2, -0.15) is 0 Å². The van der Waals surface area contributed by atoms with E-state index in [1.54, 1.807) is 0 Å². The predicted octanol–water partition coefficient (Wildman–Crippen LogP) is 12.4. The summed E-state index contributed by atoms with van der Waals surface area (Å²) in [4.78, 5) is 15.3. The lowest BCUT2D eigenvalue weighted by Crippen LogP contribution is -2.00. The maximum Gasteiger partial charge on any atom is 0.164 e. The van der Waals surface area contributed by atoms with Crippen LogP contribution in [0.2, 0.25) is 0 Å². The lowest BCUT2D eigenvalue weighted by molar-refractivity contribution is 0.669. The Bertz CT molecular complexity index is 2860. The number of hydrogen-bond donors (Lipinski definition) is 0. The molecule has 4 nitrogen and oxygen atoms in total. The molecule has 0 aliphatic rings. The fourth-order valence-electron chi connectivity index (χ4n) is 7.11. The number of benzene rings is 8. The predicted molar refractivity (Wildman–Crippen MR) is 209 cm³/mol. The number of nitrogens with zero attached hydrogens (tertiary/aromatic N) is 3. The average molecular weight is 652 g/mol. The molecule has 0 saturated carbocycles. The zero-order valence-electron chi connectivity index (χ0n) is 27.5. The van der Waals surface area contributed by atoms with Crippen LogP contribution in [0.25, 0.3) is 99.9 Å². The first-order valence-electron chi connectivity index (χ1n) is 17.1. The molecule has 0 aliphatic carbocycles. The van der Waals surface area contributed by atoms with E-state index < -0.39 is 0 Å². The van der Waals surface area contributed by atoms with Gasteiger partial charge in [-0.1, -0.05) is 140 Å². The van der Waals surface area contributed by atoms with Gasteiger partial charge in [-0.3, -0.25) is 0 Å². The summed E-state index contributed by atoms with van der Waals surface area (Å²) in [5, 5.41) is 6.74. The van der Waals surface area contributed by atoms with Gasteiger partial charge in [0.25, 0.3) is 0 Å². The number of rotatable bonds is 5. The lowest BCUT2D eigenvalue weighted by Gasteiger charge is -2.12. The minimum Gasteiger partial charge on any atom is -0.456 e. The highest BCUT2D eigenvalue weighted by atomic mass is 16.3. The SMILES string of the molecule is c1ccc(-c2nc(-c3ccccc3)nc(-c3cc(-c4cccc(-c5ccc6ccccc6c5)c4)cc4oc5cc6ccccc6cc5c34)n2)cc1. The third kappa shape index (κ3) is 5.22. The topological polar surface area (TPSA) is 51.8 Å². The van der Waals surface area contributed by atoms with Gasteiger partial charge in [0.2, 0.25) is 0 Å². The fraction of sp³-hybridized carbons (Fsp3) is 0. The van der Waals surface area contributed by atoms with Gasteiger partial charge in [0.15, 0.2) is 17.5 Å². The summed E-state index contributed by atoms with van der Waals surface area (Å²) in [6, 6.07) is 61.1. The van der Waals surface area contributed by atoms with Crippen molar-refractivity contribution in [3.63, 3.8) is 0 Å². The minimum absolute atomic E-state index is 0.594. The van der Waals surface area contributed by atoms with E-state index in [2.05, 4.69) is 115 Å². The molecule has 0 bridgehead atoms. The molecule has 0 spiro atoms. The smallest absolute Gasteiger partial charge is 0.164 e. The zero-order chi connectivity index (χ0) is 33.7. The zero-order valence-corrected chi connectivity index (χ0v) is 27.5. The van der Waals surface area contributed by atoms with Crippen molar-refractivity contribution in [2.24, 2.45) is 0 Å². The molecule has 0 N–H and O–H groups in total. The van der Waals surface area contributed by atoms with Crippen LogP contribution >= 0.6 is 0 Å². The molecule has 10 aromatic rings. The molecule has 0 fully saturated rings. The van der Waals surface area contributed by atoms with Crippen LogP contribution in [0.3, 0.4) is 0 Å². The molecule has 51 heavy (non-hydrogen) atoms. The van der Waals surface area contributed by atoms with Gasteiger partial charge in [-0.05, 0) is 80.2 Å². The van der Waals surface area contributed by atoms with E-state index in [0.29, 0.717) is 17.5 Å². The van der Waals surface area contributed by atoms with Gasteiger partial charge in [-0.15, -0.1) is 0 Å². The Balaban J connectivity index is 1.23. The second kappa shape index (κ2) is 11.9. The molecule has 0 atom stereocenters. The van der Waals surface area contributed by atoms with Crippen molar-refractivity contribution in [3.05, 3.63) is 176 Å². The molecular formula is C47H29N3O. The van der Waals surface area contributed by atoms with Crippen molar-refractivity contribution in [3.8, 4) is 56.4 Å². The lowest BCUT2D eigenvalue weighted by atomic mass is 9.94. The largest absolute Gasteiger partial charge is 0.456 e. The van der Waals surface area contributed by atoms with Crippen molar-refractivity contribution >= 4 is 43.5 Å². The Hall–Kier alpha value is -6.91.